The predicted octanol–water partition coefficient (Wildman–Crippen LogP) is 3.66. The minimum Gasteiger partial charge on any atom is -0.323 e. The molecule has 0 heterocycles. The smallest absolute Gasteiger partial charge is 0.175 e. The number of benzene rings is 1. The molecule has 0 fully saturated rings. The second-order valence-electron chi connectivity index (χ2n) is 4.67. The minimum atomic E-state index is -2.45. The first kappa shape index (κ1) is 13.2. The van der Waals surface area contributed by atoms with Crippen LogP contribution in [0.15, 0.2) is 30.3 Å². The van der Waals surface area contributed by atoms with Gasteiger partial charge in [-0.05, 0) is 26.7 Å². The third-order valence-electron chi connectivity index (χ3n) is 3.38. The molecule has 0 aliphatic heterocycles. The van der Waals surface area contributed by atoms with Crippen molar-refractivity contribution >= 4 is 12.9 Å². The number of Topliss-reactive ketones (excluding diaryl/α,β-unsaturated/α-hetero) is 1. The predicted molar refractivity (Wildman–Crippen MR) is 68.9 cm³/mol. The maximum Gasteiger partial charge on any atom is 0.175 e. The molecule has 1 aromatic rings. The van der Waals surface area contributed by atoms with E-state index in [1.165, 1.54) is 0 Å². The normalized spacial score (nSPS) is 15.5. The Hall–Kier alpha value is -0.880. The van der Waals surface area contributed by atoms with Crippen molar-refractivity contribution in [2.75, 3.05) is 12.8 Å². The average Bonchev–Trinajstić information content (AvgIpc) is 2.29. The van der Waals surface area contributed by atoms with Crippen molar-refractivity contribution in [2.24, 2.45) is 0 Å². The fourth-order valence-electron chi connectivity index (χ4n) is 1.55. The number of hydrogen-bond acceptors (Lipinski definition) is 2. The highest BCUT2D eigenvalue weighted by Crippen LogP contribution is 2.55. The molecular weight excluding hydrogens is 219 g/mol. The van der Waals surface area contributed by atoms with Gasteiger partial charge in [-0.25, -0.2) is 0 Å². The molecule has 0 radical (unpaired) electrons. The maximum absolute atomic E-state index is 12.4. The summed E-state index contributed by atoms with van der Waals surface area (Å²) in [6.07, 6.45) is 0.554. The molecule has 2 nitrogen and oxygen atoms in total. The van der Waals surface area contributed by atoms with Crippen LogP contribution >= 0.6 is 7.14 Å². The standard InChI is InChI=1S/C13H19O2P/c1-5-16(4,15)13(2,3)12(14)11-9-7-6-8-10-11/h6-10H,5H2,1-4H3. The SMILES string of the molecule is CCP(C)(=O)C(C)(C)C(=O)c1ccccc1. The molecule has 1 rings (SSSR count). The summed E-state index contributed by atoms with van der Waals surface area (Å²) in [7, 11) is -2.45. The summed E-state index contributed by atoms with van der Waals surface area (Å²) in [5.41, 5.74) is 0.642. The maximum atomic E-state index is 12.4. The summed E-state index contributed by atoms with van der Waals surface area (Å²) >= 11 is 0. The Morgan fingerprint density at radius 2 is 1.75 bits per heavy atom. The van der Waals surface area contributed by atoms with Crippen LogP contribution in [0.3, 0.4) is 0 Å². The summed E-state index contributed by atoms with van der Waals surface area (Å²) in [5, 5.41) is -0.775. The van der Waals surface area contributed by atoms with Crippen LogP contribution in [0.2, 0.25) is 0 Å². The number of carbonyl (C=O) groups is 1. The molecule has 16 heavy (non-hydrogen) atoms. The lowest BCUT2D eigenvalue weighted by atomic mass is 10.0. The van der Waals surface area contributed by atoms with Gasteiger partial charge in [0.05, 0.1) is 12.3 Å². The molecule has 1 atom stereocenters. The molecule has 88 valence electrons. The summed E-state index contributed by atoms with van der Waals surface area (Å²) in [6, 6.07) is 9.08. The number of rotatable bonds is 4. The second-order valence-corrected chi connectivity index (χ2v) is 8.62. The quantitative estimate of drug-likeness (QED) is 0.592. The van der Waals surface area contributed by atoms with Crippen molar-refractivity contribution in [3.05, 3.63) is 35.9 Å². The Morgan fingerprint density at radius 1 is 1.25 bits per heavy atom. The van der Waals surface area contributed by atoms with Gasteiger partial charge < -0.3 is 4.57 Å². The zero-order valence-corrected chi connectivity index (χ0v) is 11.3. The summed E-state index contributed by atoms with van der Waals surface area (Å²) in [6.45, 7) is 7.16. The number of ketones is 1. The monoisotopic (exact) mass is 238 g/mol. The lowest BCUT2D eigenvalue weighted by Gasteiger charge is -2.29. The summed E-state index contributed by atoms with van der Waals surface area (Å²) in [4.78, 5) is 12.3. The number of carbonyl (C=O) groups excluding carboxylic acids is 1. The van der Waals surface area contributed by atoms with Gasteiger partial charge in [-0.3, -0.25) is 4.79 Å². The zero-order chi connectivity index (χ0) is 12.4. The van der Waals surface area contributed by atoms with Gasteiger partial charge >= 0.3 is 0 Å². The van der Waals surface area contributed by atoms with E-state index in [1.807, 2.05) is 25.1 Å². The molecule has 1 unspecified atom stereocenters. The first-order chi connectivity index (χ1) is 7.33. The van der Waals surface area contributed by atoms with Gasteiger partial charge in [-0.2, -0.15) is 0 Å². The number of hydrogen-bond donors (Lipinski definition) is 0. The first-order valence-electron chi connectivity index (χ1n) is 5.49. The second kappa shape index (κ2) is 4.55. The van der Waals surface area contributed by atoms with E-state index < -0.39 is 12.3 Å². The molecular formula is C13H19O2P. The molecule has 0 saturated heterocycles. The Kier molecular flexibility index (Phi) is 3.75. The molecule has 0 aliphatic carbocycles. The summed E-state index contributed by atoms with van der Waals surface area (Å²) in [5.74, 6) is -0.0271. The highest BCUT2D eigenvalue weighted by molar-refractivity contribution is 7.65. The zero-order valence-electron chi connectivity index (χ0n) is 10.4. The van der Waals surface area contributed by atoms with E-state index in [0.29, 0.717) is 11.7 Å². The summed E-state index contributed by atoms with van der Waals surface area (Å²) < 4.78 is 12.4. The topological polar surface area (TPSA) is 34.1 Å². The van der Waals surface area contributed by atoms with E-state index in [4.69, 9.17) is 0 Å². The van der Waals surface area contributed by atoms with Gasteiger partial charge in [0.1, 0.15) is 0 Å². The molecule has 1 aromatic carbocycles. The van der Waals surface area contributed by atoms with Gasteiger partial charge in [0.15, 0.2) is 5.78 Å². The fraction of sp³-hybridized carbons (Fsp3) is 0.462. The van der Waals surface area contributed by atoms with Crippen LogP contribution < -0.4 is 0 Å². The van der Waals surface area contributed by atoms with Crippen LogP contribution in [0.1, 0.15) is 31.1 Å². The first-order valence-corrected chi connectivity index (χ1v) is 7.83. The van der Waals surface area contributed by atoms with Crippen molar-refractivity contribution in [2.45, 2.75) is 25.9 Å². The third kappa shape index (κ3) is 2.27. The van der Waals surface area contributed by atoms with Crippen LogP contribution in [-0.2, 0) is 4.57 Å². The van der Waals surface area contributed by atoms with Gasteiger partial charge in [0.2, 0.25) is 0 Å². The molecule has 0 spiro atoms. The van der Waals surface area contributed by atoms with Gasteiger partial charge in [-0.1, -0.05) is 37.3 Å². The molecule has 0 N–H and O–H groups in total. The highest BCUT2D eigenvalue weighted by atomic mass is 31.2. The Morgan fingerprint density at radius 3 is 2.19 bits per heavy atom. The minimum absolute atomic E-state index is 0.0271. The van der Waals surface area contributed by atoms with E-state index in [0.717, 1.165) is 0 Å². The van der Waals surface area contributed by atoms with Crippen molar-refractivity contribution in [1.82, 2.24) is 0 Å². The van der Waals surface area contributed by atoms with Crippen LogP contribution in [0.25, 0.3) is 0 Å². The van der Waals surface area contributed by atoms with Gasteiger partial charge in [0, 0.05) is 5.56 Å². The largest absolute Gasteiger partial charge is 0.323 e. The highest BCUT2D eigenvalue weighted by Gasteiger charge is 2.41. The molecule has 3 heteroatoms. The van der Waals surface area contributed by atoms with E-state index in [1.54, 1.807) is 32.6 Å². The Balaban J connectivity index is 3.12. The molecule has 0 aliphatic rings. The third-order valence-corrected chi connectivity index (χ3v) is 7.15. The average molecular weight is 238 g/mol. The van der Waals surface area contributed by atoms with Gasteiger partial charge in [0.25, 0.3) is 0 Å². The van der Waals surface area contributed by atoms with Crippen LogP contribution in [0, 0.1) is 0 Å². The lowest BCUT2D eigenvalue weighted by Crippen LogP contribution is -2.32. The van der Waals surface area contributed by atoms with Gasteiger partial charge in [-0.15, -0.1) is 0 Å². The molecule has 0 amide bonds. The van der Waals surface area contributed by atoms with E-state index in [2.05, 4.69) is 0 Å². The Bertz CT molecular complexity index is 421. The fourth-order valence-corrected chi connectivity index (χ4v) is 2.90. The lowest BCUT2D eigenvalue weighted by molar-refractivity contribution is 0.0953. The van der Waals surface area contributed by atoms with Crippen molar-refractivity contribution in [3.63, 3.8) is 0 Å². The molecule has 0 aromatic heterocycles. The van der Waals surface area contributed by atoms with E-state index >= 15 is 0 Å². The van der Waals surface area contributed by atoms with Crippen LogP contribution in [0.4, 0.5) is 0 Å². The van der Waals surface area contributed by atoms with Crippen molar-refractivity contribution in [3.8, 4) is 0 Å². The Labute approximate surface area is 97.4 Å². The van der Waals surface area contributed by atoms with Crippen LogP contribution in [-0.4, -0.2) is 23.8 Å². The van der Waals surface area contributed by atoms with E-state index in [9.17, 15) is 9.36 Å². The molecule has 0 saturated carbocycles. The molecule has 0 bridgehead atoms. The van der Waals surface area contributed by atoms with Crippen molar-refractivity contribution in [1.29, 1.82) is 0 Å². The van der Waals surface area contributed by atoms with E-state index in [-0.39, 0.29) is 5.78 Å². The van der Waals surface area contributed by atoms with Crippen LogP contribution in [0.5, 0.6) is 0 Å². The van der Waals surface area contributed by atoms with Crippen molar-refractivity contribution < 1.29 is 9.36 Å².